The second-order valence-corrected chi connectivity index (χ2v) is 5.94. The van der Waals surface area contributed by atoms with E-state index in [1.165, 1.54) is 7.11 Å². The number of methoxy groups -OCH3 is 1. The van der Waals surface area contributed by atoms with Crippen LogP contribution in [0.3, 0.4) is 0 Å². The average molecular weight is 370 g/mol. The molecule has 3 aromatic carbocycles. The minimum Gasteiger partial charge on any atom is -0.465 e. The zero-order valence-electron chi connectivity index (χ0n) is 15.6. The Bertz CT molecular complexity index is 1040. The molecule has 0 bridgehead atoms. The number of carbonyl (C=O) groups excluding carboxylic acids is 2. The van der Waals surface area contributed by atoms with Gasteiger partial charge in [0.1, 0.15) is 5.75 Å². The molecule has 0 saturated carbocycles. The van der Waals surface area contributed by atoms with E-state index in [4.69, 9.17) is 9.47 Å². The van der Waals surface area contributed by atoms with Gasteiger partial charge in [-0.05, 0) is 66.6 Å². The van der Waals surface area contributed by atoms with E-state index in [-0.39, 0.29) is 5.97 Å². The van der Waals surface area contributed by atoms with Gasteiger partial charge in [0.05, 0.1) is 18.2 Å². The highest BCUT2D eigenvalue weighted by Crippen LogP contribution is 2.23. The van der Waals surface area contributed by atoms with Crippen molar-refractivity contribution in [1.82, 2.24) is 0 Å². The Balaban J connectivity index is 1.69. The molecule has 0 amide bonds. The van der Waals surface area contributed by atoms with Gasteiger partial charge in [0.2, 0.25) is 0 Å². The van der Waals surface area contributed by atoms with Crippen molar-refractivity contribution >= 4 is 11.9 Å². The molecule has 0 radical (unpaired) electrons. The molecule has 28 heavy (non-hydrogen) atoms. The summed E-state index contributed by atoms with van der Waals surface area (Å²) >= 11 is 0. The highest BCUT2D eigenvalue weighted by Gasteiger charge is 2.09. The molecule has 3 rings (SSSR count). The van der Waals surface area contributed by atoms with Crippen LogP contribution in [0.4, 0.5) is 0 Å². The molecule has 3 aromatic rings. The molecule has 4 nitrogen and oxygen atoms in total. The molecule has 0 N–H and O–H groups in total. The van der Waals surface area contributed by atoms with Gasteiger partial charge in [-0.1, -0.05) is 30.2 Å². The largest absolute Gasteiger partial charge is 0.465 e. The van der Waals surface area contributed by atoms with E-state index in [2.05, 4.69) is 11.8 Å². The predicted molar refractivity (Wildman–Crippen MR) is 107 cm³/mol. The Morgan fingerprint density at radius 3 is 1.75 bits per heavy atom. The van der Waals surface area contributed by atoms with Crippen LogP contribution in [-0.2, 0) is 4.74 Å². The summed E-state index contributed by atoms with van der Waals surface area (Å²) in [5.41, 5.74) is 3.69. The van der Waals surface area contributed by atoms with Gasteiger partial charge in [-0.25, -0.2) is 9.59 Å². The molecule has 0 aromatic heterocycles. The smallest absolute Gasteiger partial charge is 0.343 e. The van der Waals surface area contributed by atoms with E-state index in [1.54, 1.807) is 55.5 Å². The third kappa shape index (κ3) is 4.46. The van der Waals surface area contributed by atoms with Gasteiger partial charge in [0, 0.05) is 5.56 Å². The van der Waals surface area contributed by atoms with Gasteiger partial charge < -0.3 is 9.47 Å². The van der Waals surface area contributed by atoms with Crippen LogP contribution < -0.4 is 4.74 Å². The van der Waals surface area contributed by atoms with Gasteiger partial charge in [-0.2, -0.15) is 0 Å². The first-order valence-corrected chi connectivity index (χ1v) is 8.64. The molecule has 0 spiro atoms. The summed E-state index contributed by atoms with van der Waals surface area (Å²) in [5.74, 6) is 5.40. The van der Waals surface area contributed by atoms with E-state index in [1.807, 2.05) is 24.3 Å². The minimum atomic E-state index is -0.425. The van der Waals surface area contributed by atoms with Crippen LogP contribution in [0, 0.1) is 11.8 Å². The molecule has 0 atom stereocenters. The first-order chi connectivity index (χ1) is 13.6. The van der Waals surface area contributed by atoms with Crippen molar-refractivity contribution in [2.24, 2.45) is 0 Å². The van der Waals surface area contributed by atoms with E-state index in [9.17, 15) is 9.59 Å². The molecule has 0 saturated heterocycles. The van der Waals surface area contributed by atoms with E-state index < -0.39 is 5.97 Å². The van der Waals surface area contributed by atoms with Crippen LogP contribution >= 0.6 is 0 Å². The van der Waals surface area contributed by atoms with Gasteiger partial charge in [-0.15, -0.1) is 5.92 Å². The normalized spacial score (nSPS) is 9.79. The molecule has 138 valence electrons. The maximum absolute atomic E-state index is 12.3. The lowest BCUT2D eigenvalue weighted by atomic mass is 10.0. The fourth-order valence-electron chi connectivity index (χ4n) is 2.63. The molecule has 0 aliphatic heterocycles. The Morgan fingerprint density at radius 2 is 1.21 bits per heavy atom. The highest BCUT2D eigenvalue weighted by molar-refractivity contribution is 5.91. The predicted octanol–water partition coefficient (Wildman–Crippen LogP) is 4.73. The second kappa shape index (κ2) is 8.70. The van der Waals surface area contributed by atoms with Crippen molar-refractivity contribution in [1.29, 1.82) is 0 Å². The third-order valence-corrected chi connectivity index (χ3v) is 4.09. The molecule has 0 aliphatic carbocycles. The summed E-state index contributed by atoms with van der Waals surface area (Å²) < 4.78 is 10.1. The Kier molecular flexibility index (Phi) is 5.88. The third-order valence-electron chi connectivity index (χ3n) is 4.09. The van der Waals surface area contributed by atoms with Gasteiger partial charge >= 0.3 is 11.9 Å². The van der Waals surface area contributed by atoms with Crippen LogP contribution in [0.15, 0.2) is 72.8 Å². The Hall–Kier alpha value is -3.84. The number of esters is 2. The number of carbonyl (C=O) groups is 2. The zero-order chi connectivity index (χ0) is 19.9. The summed E-state index contributed by atoms with van der Waals surface area (Å²) in [6.07, 6.45) is 0. The maximum Gasteiger partial charge on any atom is 0.343 e. The van der Waals surface area contributed by atoms with Gasteiger partial charge in [-0.3, -0.25) is 0 Å². The van der Waals surface area contributed by atoms with Crippen molar-refractivity contribution in [2.45, 2.75) is 6.92 Å². The van der Waals surface area contributed by atoms with Crippen molar-refractivity contribution in [2.75, 3.05) is 7.11 Å². The van der Waals surface area contributed by atoms with Crippen molar-refractivity contribution in [3.63, 3.8) is 0 Å². The van der Waals surface area contributed by atoms with E-state index in [0.717, 1.165) is 16.7 Å². The first kappa shape index (κ1) is 18.9. The summed E-state index contributed by atoms with van der Waals surface area (Å²) in [7, 11) is 1.35. The van der Waals surface area contributed by atoms with E-state index in [0.29, 0.717) is 16.9 Å². The molecule has 0 unspecified atom stereocenters. The van der Waals surface area contributed by atoms with Crippen molar-refractivity contribution in [3.05, 3.63) is 89.5 Å². The number of hydrogen-bond acceptors (Lipinski definition) is 4. The lowest BCUT2D eigenvalue weighted by Gasteiger charge is -2.07. The van der Waals surface area contributed by atoms with Crippen molar-refractivity contribution in [3.8, 4) is 28.7 Å². The van der Waals surface area contributed by atoms with Gasteiger partial charge in [0.15, 0.2) is 0 Å². The fourth-order valence-corrected chi connectivity index (χ4v) is 2.63. The number of ether oxygens (including phenoxy) is 2. The molecular weight excluding hydrogens is 352 g/mol. The molecular formula is C24H18O4. The van der Waals surface area contributed by atoms with Crippen LogP contribution in [-0.4, -0.2) is 19.0 Å². The van der Waals surface area contributed by atoms with Crippen LogP contribution in [0.5, 0.6) is 5.75 Å². The Labute approximate surface area is 163 Å². The quantitative estimate of drug-likeness (QED) is 0.378. The minimum absolute atomic E-state index is 0.372. The zero-order valence-corrected chi connectivity index (χ0v) is 15.6. The topological polar surface area (TPSA) is 52.6 Å². The van der Waals surface area contributed by atoms with Crippen LogP contribution in [0.2, 0.25) is 0 Å². The Morgan fingerprint density at radius 1 is 0.714 bits per heavy atom. The SMILES string of the molecule is CC#Cc1ccc(C(=O)Oc2ccc(-c3ccc(C(=O)OC)cc3)cc2)cc1. The number of benzene rings is 3. The van der Waals surface area contributed by atoms with Crippen LogP contribution in [0.25, 0.3) is 11.1 Å². The fraction of sp³-hybridized carbons (Fsp3) is 0.0833. The second-order valence-electron chi connectivity index (χ2n) is 5.94. The summed E-state index contributed by atoms with van der Waals surface area (Å²) in [5, 5.41) is 0. The van der Waals surface area contributed by atoms with Gasteiger partial charge in [0.25, 0.3) is 0 Å². The maximum atomic E-state index is 12.3. The monoisotopic (exact) mass is 370 g/mol. The molecule has 0 heterocycles. The lowest BCUT2D eigenvalue weighted by Crippen LogP contribution is -2.08. The molecule has 4 heteroatoms. The average Bonchev–Trinajstić information content (AvgIpc) is 2.74. The van der Waals surface area contributed by atoms with Crippen LogP contribution in [0.1, 0.15) is 33.2 Å². The standard InChI is InChI=1S/C24H18O4/c1-3-4-17-5-7-21(8-6-17)24(26)28-22-15-13-19(14-16-22)18-9-11-20(12-10-18)23(25)27-2/h5-16H,1-2H3. The molecule has 0 aliphatic rings. The lowest BCUT2D eigenvalue weighted by molar-refractivity contribution is 0.0600. The number of hydrogen-bond donors (Lipinski definition) is 0. The highest BCUT2D eigenvalue weighted by atomic mass is 16.5. The number of rotatable bonds is 4. The summed E-state index contributed by atoms with van der Waals surface area (Å²) in [6, 6.07) is 21.2. The summed E-state index contributed by atoms with van der Waals surface area (Å²) in [6.45, 7) is 1.76. The molecule has 0 fully saturated rings. The van der Waals surface area contributed by atoms with E-state index >= 15 is 0 Å². The van der Waals surface area contributed by atoms with Crippen molar-refractivity contribution < 1.29 is 19.1 Å². The summed E-state index contributed by atoms with van der Waals surface area (Å²) in [4.78, 5) is 23.8. The first-order valence-electron chi connectivity index (χ1n) is 8.64.